The highest BCUT2D eigenvalue weighted by molar-refractivity contribution is 6.30. The molecule has 1 fully saturated rings. The van der Waals surface area contributed by atoms with Crippen molar-refractivity contribution in [3.8, 4) is 0 Å². The van der Waals surface area contributed by atoms with Crippen LogP contribution >= 0.6 is 11.6 Å². The van der Waals surface area contributed by atoms with E-state index in [1.807, 2.05) is 30.3 Å². The van der Waals surface area contributed by atoms with Crippen molar-refractivity contribution in [3.63, 3.8) is 0 Å². The van der Waals surface area contributed by atoms with Gasteiger partial charge in [0.15, 0.2) is 0 Å². The number of aliphatic hydroxyl groups excluding tert-OH is 1. The first-order chi connectivity index (χ1) is 15.2. The summed E-state index contributed by atoms with van der Waals surface area (Å²) in [5.41, 5.74) is 1.35. The van der Waals surface area contributed by atoms with Gasteiger partial charge in [-0.25, -0.2) is 9.59 Å². The lowest BCUT2D eigenvalue weighted by molar-refractivity contribution is -0.134. The Kier molecular flexibility index (Phi) is 9.39. The molecule has 3 rings (SSSR count). The minimum atomic E-state index is -1.26. The van der Waals surface area contributed by atoms with Crippen LogP contribution in [0.3, 0.4) is 0 Å². The lowest BCUT2D eigenvalue weighted by atomic mass is 10.1. The van der Waals surface area contributed by atoms with Crippen LogP contribution in [-0.2, 0) is 9.59 Å². The number of carboxylic acids is 2. The van der Waals surface area contributed by atoms with E-state index < -0.39 is 18.0 Å². The largest absolute Gasteiger partial charge is 0.478 e. The van der Waals surface area contributed by atoms with Crippen LogP contribution in [0.5, 0.6) is 0 Å². The molecule has 0 aromatic heterocycles. The Morgan fingerprint density at radius 2 is 1.56 bits per heavy atom. The number of likely N-dealkylation sites (tertiary alicyclic amines) is 1. The van der Waals surface area contributed by atoms with Crippen LogP contribution in [0.2, 0.25) is 5.02 Å². The Morgan fingerprint density at radius 1 is 1.00 bits per heavy atom. The van der Waals surface area contributed by atoms with Gasteiger partial charge in [0.25, 0.3) is 5.91 Å². The quantitative estimate of drug-likeness (QED) is 0.567. The Morgan fingerprint density at radius 3 is 2.03 bits per heavy atom. The molecule has 1 aliphatic heterocycles. The minimum absolute atomic E-state index is 0.125. The second-order valence-corrected chi connectivity index (χ2v) is 7.45. The normalized spacial score (nSPS) is 18.1. The number of para-hydroxylation sites is 1. The zero-order valence-corrected chi connectivity index (χ0v) is 18.2. The molecule has 0 bridgehead atoms. The summed E-state index contributed by atoms with van der Waals surface area (Å²) in [6.45, 7) is 4.15. The first kappa shape index (κ1) is 25.1. The molecule has 170 valence electrons. The molecule has 2 aromatic rings. The van der Waals surface area contributed by atoms with Gasteiger partial charge in [-0.05, 0) is 42.9 Å². The number of aliphatic carboxylic acids is 2. The Balaban J connectivity index is 0.000000390. The molecule has 1 saturated heterocycles. The monoisotopic (exact) mass is 460 g/mol. The number of hydrogen-bond donors (Lipinski definition) is 3. The van der Waals surface area contributed by atoms with Crippen molar-refractivity contribution in [1.82, 2.24) is 4.90 Å². The summed E-state index contributed by atoms with van der Waals surface area (Å²) in [7, 11) is 0. The number of rotatable bonds is 6. The van der Waals surface area contributed by atoms with Gasteiger partial charge in [-0.3, -0.25) is 9.69 Å². The van der Waals surface area contributed by atoms with Gasteiger partial charge >= 0.3 is 11.9 Å². The van der Waals surface area contributed by atoms with Crippen LogP contribution in [0, 0.1) is 0 Å². The molecule has 8 nitrogen and oxygen atoms in total. The number of carbonyl (C=O) groups excluding carboxylic acids is 1. The fourth-order valence-corrected chi connectivity index (χ4v) is 3.41. The summed E-state index contributed by atoms with van der Waals surface area (Å²) < 4.78 is 0. The summed E-state index contributed by atoms with van der Waals surface area (Å²) in [6.07, 6.45) is 0.548. The molecule has 1 amide bonds. The highest BCUT2D eigenvalue weighted by atomic mass is 35.5. The predicted molar refractivity (Wildman–Crippen MR) is 121 cm³/mol. The summed E-state index contributed by atoms with van der Waals surface area (Å²) >= 11 is 5.93. The average Bonchev–Trinajstić information content (AvgIpc) is 3.14. The van der Waals surface area contributed by atoms with E-state index in [0.29, 0.717) is 35.8 Å². The van der Waals surface area contributed by atoms with Crippen molar-refractivity contribution >= 4 is 35.1 Å². The van der Waals surface area contributed by atoms with E-state index in [1.165, 1.54) is 0 Å². The Labute approximate surface area is 191 Å². The number of amides is 1. The maximum Gasteiger partial charge on any atom is 0.328 e. The highest BCUT2D eigenvalue weighted by Crippen LogP contribution is 2.26. The van der Waals surface area contributed by atoms with Crippen LogP contribution in [0.15, 0.2) is 66.7 Å². The molecule has 0 saturated carbocycles. The van der Waals surface area contributed by atoms with Gasteiger partial charge in [0.2, 0.25) is 0 Å². The van der Waals surface area contributed by atoms with E-state index in [1.54, 1.807) is 29.2 Å². The SMILES string of the molecule is CCN1CC(O)C(N(C(=O)c2ccc(Cl)cc2)c2ccccc2)C1.O=C(O)C=CC(=O)O. The van der Waals surface area contributed by atoms with Crippen LogP contribution in [-0.4, -0.2) is 69.8 Å². The summed E-state index contributed by atoms with van der Waals surface area (Å²) in [5, 5.41) is 26.7. The summed E-state index contributed by atoms with van der Waals surface area (Å²) in [5.74, 6) is -2.64. The van der Waals surface area contributed by atoms with E-state index in [2.05, 4.69) is 11.8 Å². The first-order valence-electron chi connectivity index (χ1n) is 9.91. The number of anilines is 1. The Bertz CT molecular complexity index is 933. The molecule has 2 atom stereocenters. The standard InChI is InChI=1S/C19H21ClN2O2.C4H4O4/c1-2-21-12-17(18(23)13-21)22(16-6-4-3-5-7-16)19(24)14-8-10-15(20)11-9-14;5-3(6)1-2-4(7)8/h3-11,17-18,23H,2,12-13H2,1H3;1-2H,(H,5,6)(H,7,8). The van der Waals surface area contributed by atoms with Crippen LogP contribution in [0.4, 0.5) is 5.69 Å². The second-order valence-electron chi connectivity index (χ2n) is 7.01. The van der Waals surface area contributed by atoms with Gasteiger partial charge in [-0.15, -0.1) is 0 Å². The van der Waals surface area contributed by atoms with Crippen LogP contribution < -0.4 is 4.90 Å². The van der Waals surface area contributed by atoms with Gasteiger partial charge in [0.1, 0.15) is 0 Å². The van der Waals surface area contributed by atoms with Crippen molar-refractivity contribution in [3.05, 3.63) is 77.3 Å². The van der Waals surface area contributed by atoms with Gasteiger partial charge in [-0.2, -0.15) is 0 Å². The number of hydrogen-bond acceptors (Lipinski definition) is 5. The third-order valence-corrected chi connectivity index (χ3v) is 5.08. The van der Waals surface area contributed by atoms with Gasteiger partial charge in [0.05, 0.1) is 12.1 Å². The molecule has 2 aromatic carbocycles. The van der Waals surface area contributed by atoms with Crippen LogP contribution in [0.1, 0.15) is 17.3 Å². The van der Waals surface area contributed by atoms with E-state index in [0.717, 1.165) is 12.2 Å². The topological polar surface area (TPSA) is 118 Å². The molecule has 0 radical (unpaired) electrons. The van der Waals surface area contributed by atoms with E-state index in [4.69, 9.17) is 21.8 Å². The molecule has 9 heteroatoms. The number of carboxylic acid groups (broad SMARTS) is 2. The van der Waals surface area contributed by atoms with Gasteiger partial charge < -0.3 is 20.2 Å². The number of nitrogens with zero attached hydrogens (tertiary/aromatic N) is 2. The van der Waals surface area contributed by atoms with Crippen molar-refractivity contribution in [1.29, 1.82) is 0 Å². The molecule has 1 aliphatic rings. The lowest BCUT2D eigenvalue weighted by Crippen LogP contribution is -2.47. The zero-order chi connectivity index (χ0) is 23.7. The number of halogens is 1. The molecule has 0 spiro atoms. The third-order valence-electron chi connectivity index (χ3n) is 4.83. The number of likely N-dealkylation sites (N-methyl/N-ethyl adjacent to an activating group) is 1. The number of carbonyl (C=O) groups is 3. The third kappa shape index (κ3) is 7.19. The fourth-order valence-electron chi connectivity index (χ4n) is 3.28. The fraction of sp³-hybridized carbons (Fsp3) is 0.261. The number of benzene rings is 2. The average molecular weight is 461 g/mol. The lowest BCUT2D eigenvalue weighted by Gasteiger charge is -2.31. The molecular formula is C23H25ClN2O6. The van der Waals surface area contributed by atoms with Crippen molar-refractivity contribution in [2.75, 3.05) is 24.5 Å². The first-order valence-corrected chi connectivity index (χ1v) is 10.3. The molecule has 0 aliphatic carbocycles. The van der Waals surface area contributed by atoms with Crippen molar-refractivity contribution < 1.29 is 29.7 Å². The highest BCUT2D eigenvalue weighted by Gasteiger charge is 2.38. The summed E-state index contributed by atoms with van der Waals surface area (Å²) in [4.78, 5) is 36.1. The van der Waals surface area contributed by atoms with Gasteiger partial charge in [0, 0.05) is 41.5 Å². The van der Waals surface area contributed by atoms with Crippen molar-refractivity contribution in [2.45, 2.75) is 19.1 Å². The van der Waals surface area contributed by atoms with E-state index in [9.17, 15) is 19.5 Å². The number of aliphatic hydroxyl groups is 1. The molecular weight excluding hydrogens is 436 g/mol. The van der Waals surface area contributed by atoms with Crippen LogP contribution in [0.25, 0.3) is 0 Å². The maximum absolute atomic E-state index is 13.1. The number of β-amino-alcohol motifs (C(OH)–C–C–N with tert-alkyl or cyclic N) is 1. The maximum atomic E-state index is 13.1. The minimum Gasteiger partial charge on any atom is -0.478 e. The smallest absolute Gasteiger partial charge is 0.328 e. The van der Waals surface area contributed by atoms with Crippen molar-refractivity contribution in [2.24, 2.45) is 0 Å². The molecule has 32 heavy (non-hydrogen) atoms. The molecule has 2 unspecified atom stereocenters. The van der Waals surface area contributed by atoms with E-state index >= 15 is 0 Å². The van der Waals surface area contributed by atoms with E-state index in [-0.39, 0.29) is 11.9 Å². The Hall–Kier alpha value is -3.20. The molecule has 1 heterocycles. The molecule has 3 N–H and O–H groups in total. The zero-order valence-electron chi connectivity index (χ0n) is 17.5. The predicted octanol–water partition coefficient (Wildman–Crippen LogP) is 2.76. The second kappa shape index (κ2) is 12.0. The summed E-state index contributed by atoms with van der Waals surface area (Å²) in [6, 6.07) is 16.1. The van der Waals surface area contributed by atoms with Gasteiger partial charge in [-0.1, -0.05) is 36.7 Å².